The second kappa shape index (κ2) is 6.96. The molecule has 1 atom stereocenters. The first-order valence-corrected chi connectivity index (χ1v) is 5.98. The van der Waals surface area contributed by atoms with Crippen LogP contribution in [0.1, 0.15) is 30.6 Å². The second-order valence-electron chi connectivity index (χ2n) is 3.82. The zero-order valence-corrected chi connectivity index (χ0v) is 11.0. The molecule has 0 aliphatic rings. The third kappa shape index (κ3) is 4.71. The minimum atomic E-state index is -0.599. The number of carbonyl (C=O) groups excluding carboxylic acids is 2. The van der Waals surface area contributed by atoms with E-state index in [1.807, 2.05) is 13.8 Å². The van der Waals surface area contributed by atoms with Crippen molar-refractivity contribution in [3.8, 4) is 0 Å². The van der Waals surface area contributed by atoms with Crippen LogP contribution in [-0.2, 0) is 9.53 Å². The molecule has 1 rings (SSSR count). The molecule has 0 spiro atoms. The van der Waals surface area contributed by atoms with Gasteiger partial charge in [-0.2, -0.15) is 0 Å². The van der Waals surface area contributed by atoms with Crippen LogP contribution >= 0.6 is 11.6 Å². The van der Waals surface area contributed by atoms with Gasteiger partial charge in [-0.3, -0.25) is 4.79 Å². The molecule has 0 fully saturated rings. The fourth-order valence-electron chi connectivity index (χ4n) is 1.13. The summed E-state index contributed by atoms with van der Waals surface area (Å²) in [5, 5.41) is 2.99. The molecular weight excluding hydrogens is 256 g/mol. The van der Waals surface area contributed by atoms with Crippen molar-refractivity contribution in [2.24, 2.45) is 0 Å². The van der Waals surface area contributed by atoms with Gasteiger partial charge in [0.15, 0.2) is 6.61 Å². The molecule has 0 saturated heterocycles. The molecule has 1 aromatic heterocycles. The quantitative estimate of drug-likeness (QED) is 0.654. The standard InChI is InChI=1S/C12H15ClN2O3/c1-3-8(2)15-11(16)7-18-12(17)9-4-5-10(13)14-6-9/h4-6,8H,3,7H2,1-2H3,(H,15,16). The van der Waals surface area contributed by atoms with E-state index >= 15 is 0 Å². The van der Waals surface area contributed by atoms with E-state index in [0.717, 1.165) is 6.42 Å². The highest BCUT2D eigenvalue weighted by molar-refractivity contribution is 6.29. The highest BCUT2D eigenvalue weighted by Crippen LogP contribution is 2.06. The fourth-order valence-corrected chi connectivity index (χ4v) is 1.24. The predicted octanol–water partition coefficient (Wildman–Crippen LogP) is 1.81. The Kier molecular flexibility index (Phi) is 5.58. The van der Waals surface area contributed by atoms with Gasteiger partial charge in [-0.25, -0.2) is 9.78 Å². The molecule has 0 bridgehead atoms. The second-order valence-corrected chi connectivity index (χ2v) is 4.21. The summed E-state index contributed by atoms with van der Waals surface area (Å²) >= 11 is 5.59. The zero-order valence-electron chi connectivity index (χ0n) is 10.3. The van der Waals surface area contributed by atoms with Crippen LogP contribution in [0.4, 0.5) is 0 Å². The third-order valence-corrected chi connectivity index (χ3v) is 2.54. The number of aromatic nitrogens is 1. The van der Waals surface area contributed by atoms with Crippen LogP contribution in [-0.4, -0.2) is 29.5 Å². The largest absolute Gasteiger partial charge is 0.452 e. The molecule has 1 aromatic rings. The van der Waals surface area contributed by atoms with E-state index in [4.69, 9.17) is 16.3 Å². The Balaban J connectivity index is 2.41. The van der Waals surface area contributed by atoms with Crippen molar-refractivity contribution >= 4 is 23.5 Å². The Morgan fingerprint density at radius 2 is 2.22 bits per heavy atom. The van der Waals surface area contributed by atoms with Gasteiger partial charge in [0.2, 0.25) is 0 Å². The number of pyridine rings is 1. The van der Waals surface area contributed by atoms with Crippen LogP contribution in [0, 0.1) is 0 Å². The first-order valence-electron chi connectivity index (χ1n) is 5.61. The summed E-state index contributed by atoms with van der Waals surface area (Å²) in [7, 11) is 0. The molecule has 0 aliphatic heterocycles. The molecule has 18 heavy (non-hydrogen) atoms. The van der Waals surface area contributed by atoms with E-state index in [1.54, 1.807) is 0 Å². The number of ether oxygens (including phenoxy) is 1. The number of carbonyl (C=O) groups is 2. The lowest BCUT2D eigenvalue weighted by molar-refractivity contribution is -0.124. The first kappa shape index (κ1) is 14.4. The van der Waals surface area contributed by atoms with Crippen molar-refractivity contribution in [3.63, 3.8) is 0 Å². The Labute approximate surface area is 110 Å². The van der Waals surface area contributed by atoms with Crippen molar-refractivity contribution in [1.82, 2.24) is 10.3 Å². The Morgan fingerprint density at radius 3 is 2.78 bits per heavy atom. The summed E-state index contributed by atoms with van der Waals surface area (Å²) in [6.07, 6.45) is 2.12. The fraction of sp³-hybridized carbons (Fsp3) is 0.417. The molecule has 5 nitrogen and oxygen atoms in total. The minimum Gasteiger partial charge on any atom is -0.452 e. The molecule has 1 N–H and O–H groups in total. The lowest BCUT2D eigenvalue weighted by atomic mass is 10.2. The maximum absolute atomic E-state index is 11.5. The van der Waals surface area contributed by atoms with Gasteiger partial charge in [0.25, 0.3) is 5.91 Å². The van der Waals surface area contributed by atoms with E-state index in [2.05, 4.69) is 10.3 Å². The number of hydrogen-bond donors (Lipinski definition) is 1. The number of hydrogen-bond acceptors (Lipinski definition) is 4. The van der Waals surface area contributed by atoms with Crippen molar-refractivity contribution in [2.45, 2.75) is 26.3 Å². The maximum atomic E-state index is 11.5. The van der Waals surface area contributed by atoms with Crippen molar-refractivity contribution in [1.29, 1.82) is 0 Å². The van der Waals surface area contributed by atoms with Gasteiger partial charge in [0.05, 0.1) is 5.56 Å². The van der Waals surface area contributed by atoms with Gasteiger partial charge < -0.3 is 10.1 Å². The number of nitrogens with zero attached hydrogens (tertiary/aromatic N) is 1. The lowest BCUT2D eigenvalue weighted by Gasteiger charge is -2.11. The molecule has 1 heterocycles. The molecular formula is C12H15ClN2O3. The highest BCUT2D eigenvalue weighted by atomic mass is 35.5. The normalized spacial score (nSPS) is 11.7. The van der Waals surface area contributed by atoms with Gasteiger partial charge in [0, 0.05) is 12.2 Å². The molecule has 1 amide bonds. The number of halogens is 1. The summed E-state index contributed by atoms with van der Waals surface area (Å²) in [5.74, 6) is -0.918. The zero-order chi connectivity index (χ0) is 13.5. The van der Waals surface area contributed by atoms with Crippen LogP contribution in [0.15, 0.2) is 18.3 Å². The van der Waals surface area contributed by atoms with Gasteiger partial charge in [-0.15, -0.1) is 0 Å². The molecule has 0 aromatic carbocycles. The van der Waals surface area contributed by atoms with E-state index < -0.39 is 5.97 Å². The molecule has 0 aliphatic carbocycles. The maximum Gasteiger partial charge on any atom is 0.340 e. The van der Waals surface area contributed by atoms with Gasteiger partial charge >= 0.3 is 5.97 Å². The molecule has 98 valence electrons. The minimum absolute atomic E-state index is 0.0633. The number of amides is 1. The summed E-state index contributed by atoms with van der Waals surface area (Å²) in [6, 6.07) is 3.04. The molecule has 1 unspecified atom stereocenters. The highest BCUT2D eigenvalue weighted by Gasteiger charge is 2.11. The van der Waals surface area contributed by atoms with Crippen molar-refractivity contribution in [2.75, 3.05) is 6.61 Å². The Morgan fingerprint density at radius 1 is 1.50 bits per heavy atom. The van der Waals surface area contributed by atoms with Gasteiger partial charge in [0.1, 0.15) is 5.15 Å². The van der Waals surface area contributed by atoms with Crippen LogP contribution in [0.5, 0.6) is 0 Å². The summed E-state index contributed by atoms with van der Waals surface area (Å²) < 4.78 is 4.84. The van der Waals surface area contributed by atoms with Crippen LogP contribution < -0.4 is 5.32 Å². The Hall–Kier alpha value is -1.62. The van der Waals surface area contributed by atoms with Crippen molar-refractivity contribution < 1.29 is 14.3 Å². The third-order valence-electron chi connectivity index (χ3n) is 2.32. The van der Waals surface area contributed by atoms with Crippen LogP contribution in [0.3, 0.4) is 0 Å². The average Bonchev–Trinajstić information content (AvgIpc) is 2.36. The first-order chi connectivity index (χ1) is 8.52. The summed E-state index contributed by atoms with van der Waals surface area (Å²) in [6.45, 7) is 3.53. The number of rotatable bonds is 5. The smallest absolute Gasteiger partial charge is 0.340 e. The van der Waals surface area contributed by atoms with E-state index in [-0.39, 0.29) is 24.1 Å². The van der Waals surface area contributed by atoms with E-state index in [0.29, 0.717) is 5.15 Å². The molecule has 6 heteroatoms. The Bertz CT molecular complexity index is 420. The van der Waals surface area contributed by atoms with Gasteiger partial charge in [-0.1, -0.05) is 18.5 Å². The molecule has 0 radical (unpaired) electrons. The summed E-state index contributed by atoms with van der Waals surface area (Å²) in [5.41, 5.74) is 0.260. The van der Waals surface area contributed by atoms with Crippen LogP contribution in [0.2, 0.25) is 5.15 Å². The van der Waals surface area contributed by atoms with Crippen LogP contribution in [0.25, 0.3) is 0 Å². The number of nitrogens with one attached hydrogen (secondary N) is 1. The SMILES string of the molecule is CCC(C)NC(=O)COC(=O)c1ccc(Cl)nc1. The van der Waals surface area contributed by atoms with Crippen molar-refractivity contribution in [3.05, 3.63) is 29.0 Å². The van der Waals surface area contributed by atoms with Gasteiger partial charge in [-0.05, 0) is 25.5 Å². The topological polar surface area (TPSA) is 68.3 Å². The summed E-state index contributed by atoms with van der Waals surface area (Å²) in [4.78, 5) is 26.7. The molecule has 0 saturated carbocycles. The number of esters is 1. The van der Waals surface area contributed by atoms with E-state index in [1.165, 1.54) is 18.3 Å². The van der Waals surface area contributed by atoms with E-state index in [9.17, 15) is 9.59 Å². The average molecular weight is 271 g/mol. The lowest BCUT2D eigenvalue weighted by Crippen LogP contribution is -2.35. The predicted molar refractivity (Wildman–Crippen MR) is 67.4 cm³/mol. The monoisotopic (exact) mass is 270 g/mol.